The zero-order chi connectivity index (χ0) is 13.7. The molecule has 0 radical (unpaired) electrons. The number of nitrogens with two attached hydrogens (primary N) is 1. The molecule has 0 fully saturated rings. The maximum Gasteiger partial charge on any atom is 0.228 e. The van der Waals surface area contributed by atoms with Crippen LogP contribution in [0.3, 0.4) is 0 Å². The van der Waals surface area contributed by atoms with Gasteiger partial charge in [-0.1, -0.05) is 18.2 Å². The monoisotopic (exact) mass is 257 g/mol. The minimum atomic E-state index is -0.134. The average Bonchev–Trinajstić information content (AvgIpc) is 2.42. The number of nitrogens with zero attached hydrogens (tertiary/aromatic N) is 1. The van der Waals surface area contributed by atoms with Gasteiger partial charge in [-0.2, -0.15) is 0 Å². The largest absolute Gasteiger partial charge is 0.481 e. The highest BCUT2D eigenvalue weighted by molar-refractivity contribution is 5.92. The maximum absolute atomic E-state index is 11.9. The van der Waals surface area contributed by atoms with Gasteiger partial charge in [-0.25, -0.2) is 4.98 Å². The Morgan fingerprint density at radius 3 is 2.74 bits per heavy atom. The van der Waals surface area contributed by atoms with Crippen molar-refractivity contribution in [3.05, 3.63) is 48.2 Å². The summed E-state index contributed by atoms with van der Waals surface area (Å²) in [5.74, 6) is 0.371. The molecule has 1 aromatic heterocycles. The fourth-order valence-corrected chi connectivity index (χ4v) is 1.65. The Kier molecular flexibility index (Phi) is 3.97. The van der Waals surface area contributed by atoms with Crippen LogP contribution in [0, 0.1) is 0 Å². The highest BCUT2D eigenvalue weighted by atomic mass is 16.5. The van der Waals surface area contributed by atoms with Gasteiger partial charge in [0.1, 0.15) is 0 Å². The lowest BCUT2D eigenvalue weighted by Gasteiger charge is -2.07. The van der Waals surface area contributed by atoms with Gasteiger partial charge in [-0.15, -0.1) is 0 Å². The third-order valence-electron chi connectivity index (χ3n) is 2.64. The average molecular weight is 257 g/mol. The number of hydrogen-bond acceptors (Lipinski definition) is 4. The third kappa shape index (κ3) is 3.45. The molecule has 2 rings (SSSR count). The van der Waals surface area contributed by atoms with Gasteiger partial charge in [0.2, 0.25) is 11.8 Å². The molecule has 0 saturated carbocycles. The Hall–Kier alpha value is -2.56. The summed E-state index contributed by atoms with van der Waals surface area (Å²) in [7, 11) is 1.54. The second-order valence-electron chi connectivity index (χ2n) is 4.01. The number of aromatic nitrogens is 1. The second-order valence-corrected chi connectivity index (χ2v) is 4.01. The van der Waals surface area contributed by atoms with E-state index in [4.69, 9.17) is 10.5 Å². The summed E-state index contributed by atoms with van der Waals surface area (Å²) >= 11 is 0. The van der Waals surface area contributed by atoms with Crippen molar-refractivity contribution in [3.63, 3.8) is 0 Å². The van der Waals surface area contributed by atoms with Crippen LogP contribution in [0.5, 0.6) is 5.88 Å². The Morgan fingerprint density at radius 2 is 2.11 bits per heavy atom. The van der Waals surface area contributed by atoms with E-state index in [-0.39, 0.29) is 12.3 Å². The van der Waals surface area contributed by atoms with Crippen molar-refractivity contribution in [1.82, 2.24) is 4.98 Å². The highest BCUT2D eigenvalue weighted by Gasteiger charge is 2.06. The quantitative estimate of drug-likeness (QED) is 0.819. The van der Waals surface area contributed by atoms with E-state index in [0.717, 1.165) is 5.56 Å². The number of anilines is 2. The zero-order valence-electron chi connectivity index (χ0n) is 10.6. The molecule has 0 spiro atoms. The van der Waals surface area contributed by atoms with Gasteiger partial charge < -0.3 is 15.8 Å². The molecule has 0 aliphatic rings. The van der Waals surface area contributed by atoms with Crippen molar-refractivity contribution >= 4 is 17.3 Å². The number of ether oxygens (including phenoxy) is 1. The van der Waals surface area contributed by atoms with Gasteiger partial charge in [-0.05, 0) is 17.7 Å². The molecule has 1 aromatic carbocycles. The Labute approximate surface area is 111 Å². The van der Waals surface area contributed by atoms with E-state index in [1.807, 2.05) is 18.2 Å². The predicted octanol–water partition coefficient (Wildman–Crippen LogP) is 1.85. The van der Waals surface area contributed by atoms with Crippen LogP contribution in [-0.2, 0) is 11.2 Å². The number of nitrogens with one attached hydrogen (secondary N) is 1. The van der Waals surface area contributed by atoms with Crippen LogP contribution in [0.25, 0.3) is 0 Å². The molecule has 19 heavy (non-hydrogen) atoms. The Morgan fingerprint density at radius 1 is 1.32 bits per heavy atom. The Balaban J connectivity index is 1.99. The predicted molar refractivity (Wildman–Crippen MR) is 74.0 cm³/mol. The number of hydrogen-bond donors (Lipinski definition) is 2. The molecule has 0 bridgehead atoms. The maximum atomic E-state index is 11.9. The molecule has 98 valence electrons. The summed E-state index contributed by atoms with van der Waals surface area (Å²) < 4.78 is 4.95. The fraction of sp³-hybridized carbons (Fsp3) is 0.143. The zero-order valence-corrected chi connectivity index (χ0v) is 10.6. The van der Waals surface area contributed by atoms with Gasteiger partial charge >= 0.3 is 0 Å². The third-order valence-corrected chi connectivity index (χ3v) is 2.64. The number of rotatable bonds is 4. The molecule has 5 heteroatoms. The highest BCUT2D eigenvalue weighted by Crippen LogP contribution is 2.14. The summed E-state index contributed by atoms with van der Waals surface area (Å²) in [6.45, 7) is 0. The number of benzene rings is 1. The lowest BCUT2D eigenvalue weighted by molar-refractivity contribution is -0.115. The summed E-state index contributed by atoms with van der Waals surface area (Å²) in [5.41, 5.74) is 7.84. The Bertz CT molecular complexity index is 567. The van der Waals surface area contributed by atoms with Gasteiger partial charge in [0.25, 0.3) is 0 Å². The lowest BCUT2D eigenvalue weighted by atomic mass is 10.1. The second kappa shape index (κ2) is 5.86. The van der Waals surface area contributed by atoms with Crippen LogP contribution in [0.2, 0.25) is 0 Å². The molecule has 2 aromatic rings. The number of nitrogen functional groups attached to an aromatic ring is 1. The summed E-state index contributed by atoms with van der Waals surface area (Å²) in [4.78, 5) is 15.9. The molecule has 0 saturated heterocycles. The van der Waals surface area contributed by atoms with E-state index in [0.29, 0.717) is 17.3 Å². The van der Waals surface area contributed by atoms with Crippen molar-refractivity contribution in [2.75, 3.05) is 18.2 Å². The van der Waals surface area contributed by atoms with Crippen LogP contribution < -0.4 is 15.8 Å². The van der Waals surface area contributed by atoms with E-state index in [1.54, 1.807) is 31.5 Å². The van der Waals surface area contributed by atoms with Crippen molar-refractivity contribution in [3.8, 4) is 5.88 Å². The first-order valence-corrected chi connectivity index (χ1v) is 5.82. The first-order valence-electron chi connectivity index (χ1n) is 5.82. The summed E-state index contributed by atoms with van der Waals surface area (Å²) in [6, 6.07) is 10.7. The van der Waals surface area contributed by atoms with Crippen LogP contribution in [0.15, 0.2) is 42.6 Å². The van der Waals surface area contributed by atoms with Gasteiger partial charge in [-0.3, -0.25) is 4.79 Å². The normalized spacial score (nSPS) is 9.95. The van der Waals surface area contributed by atoms with Gasteiger partial charge in [0, 0.05) is 11.8 Å². The molecule has 0 aliphatic heterocycles. The molecule has 0 atom stereocenters. The lowest BCUT2D eigenvalue weighted by Crippen LogP contribution is -2.15. The number of amides is 1. The number of carbonyl (C=O) groups is 1. The minimum absolute atomic E-state index is 0.134. The molecule has 1 amide bonds. The number of para-hydroxylation sites is 1. The SMILES string of the molecule is COc1ccc(NC(=O)Cc2ccccc2N)cn1. The van der Waals surface area contributed by atoms with E-state index >= 15 is 0 Å². The minimum Gasteiger partial charge on any atom is -0.481 e. The first kappa shape index (κ1) is 12.9. The first-order chi connectivity index (χ1) is 9.19. The van der Waals surface area contributed by atoms with E-state index in [2.05, 4.69) is 10.3 Å². The molecule has 3 N–H and O–H groups in total. The van der Waals surface area contributed by atoms with Crippen LogP contribution >= 0.6 is 0 Å². The van der Waals surface area contributed by atoms with Gasteiger partial charge in [0.15, 0.2) is 0 Å². The standard InChI is InChI=1S/C14H15N3O2/c1-19-14-7-6-11(9-16-14)17-13(18)8-10-4-2-3-5-12(10)15/h2-7,9H,8,15H2,1H3,(H,17,18). The molecular weight excluding hydrogens is 242 g/mol. The number of carbonyl (C=O) groups excluding carboxylic acids is 1. The number of pyridine rings is 1. The summed E-state index contributed by atoms with van der Waals surface area (Å²) in [6.07, 6.45) is 1.78. The smallest absolute Gasteiger partial charge is 0.228 e. The van der Waals surface area contributed by atoms with Crippen molar-refractivity contribution in [2.24, 2.45) is 0 Å². The molecule has 1 heterocycles. The molecule has 5 nitrogen and oxygen atoms in total. The topological polar surface area (TPSA) is 77.2 Å². The number of methoxy groups -OCH3 is 1. The molecule has 0 aliphatic carbocycles. The fourth-order valence-electron chi connectivity index (χ4n) is 1.65. The van der Waals surface area contributed by atoms with Crippen molar-refractivity contribution in [1.29, 1.82) is 0 Å². The van der Waals surface area contributed by atoms with Crippen LogP contribution in [0.4, 0.5) is 11.4 Å². The van der Waals surface area contributed by atoms with E-state index in [1.165, 1.54) is 0 Å². The van der Waals surface area contributed by atoms with E-state index < -0.39 is 0 Å². The van der Waals surface area contributed by atoms with E-state index in [9.17, 15) is 4.79 Å². The van der Waals surface area contributed by atoms with Crippen molar-refractivity contribution < 1.29 is 9.53 Å². The van der Waals surface area contributed by atoms with Crippen molar-refractivity contribution in [2.45, 2.75) is 6.42 Å². The molecule has 0 unspecified atom stereocenters. The molecular formula is C14H15N3O2. The van der Waals surface area contributed by atoms with Crippen LogP contribution in [-0.4, -0.2) is 18.0 Å². The summed E-state index contributed by atoms with van der Waals surface area (Å²) in [5, 5.41) is 2.76. The van der Waals surface area contributed by atoms with Crippen LogP contribution in [0.1, 0.15) is 5.56 Å². The van der Waals surface area contributed by atoms with Gasteiger partial charge in [0.05, 0.1) is 25.4 Å².